The van der Waals surface area contributed by atoms with Gasteiger partial charge >= 0.3 is 0 Å². The van der Waals surface area contributed by atoms with Crippen LogP contribution in [0.25, 0.3) is 10.8 Å². The number of fused-ring (bicyclic) bond motifs is 5. The number of nitrogens with zero attached hydrogens (tertiary/aromatic N) is 1. The van der Waals surface area contributed by atoms with Crippen LogP contribution in [-0.2, 0) is 6.54 Å². The van der Waals surface area contributed by atoms with Crippen LogP contribution in [0.3, 0.4) is 0 Å². The molecule has 2 heterocycles. The summed E-state index contributed by atoms with van der Waals surface area (Å²) in [5, 5.41) is 2.53. The summed E-state index contributed by atoms with van der Waals surface area (Å²) >= 11 is 0. The molecule has 0 saturated carbocycles. The Bertz CT molecular complexity index is 880. The van der Waals surface area contributed by atoms with Gasteiger partial charge in [0.2, 0.25) is 0 Å². The van der Waals surface area contributed by atoms with Gasteiger partial charge in [-0.25, -0.2) is 0 Å². The van der Waals surface area contributed by atoms with Crippen LogP contribution >= 0.6 is 12.4 Å². The Balaban J connectivity index is 0.00000157. The van der Waals surface area contributed by atoms with Crippen LogP contribution in [0.1, 0.15) is 17.0 Å². The van der Waals surface area contributed by atoms with E-state index >= 15 is 0 Å². The molecule has 5 rings (SSSR count). The molecule has 128 valence electrons. The van der Waals surface area contributed by atoms with Gasteiger partial charge in [0.15, 0.2) is 0 Å². The van der Waals surface area contributed by atoms with Crippen molar-refractivity contribution < 1.29 is 4.74 Å². The van der Waals surface area contributed by atoms with E-state index in [-0.39, 0.29) is 12.4 Å². The van der Waals surface area contributed by atoms with Crippen molar-refractivity contribution >= 4 is 23.2 Å². The Morgan fingerprint density at radius 1 is 0.880 bits per heavy atom. The third-order valence-electron chi connectivity index (χ3n) is 5.52. The van der Waals surface area contributed by atoms with Crippen LogP contribution in [0.2, 0.25) is 0 Å². The van der Waals surface area contributed by atoms with Gasteiger partial charge in [0.1, 0.15) is 5.75 Å². The summed E-state index contributed by atoms with van der Waals surface area (Å²) in [4.78, 5) is 2.58. The van der Waals surface area contributed by atoms with Crippen molar-refractivity contribution in [2.75, 3.05) is 19.7 Å². The van der Waals surface area contributed by atoms with Crippen LogP contribution in [0.15, 0.2) is 66.7 Å². The highest BCUT2D eigenvalue weighted by atomic mass is 35.5. The van der Waals surface area contributed by atoms with E-state index in [1.807, 2.05) is 0 Å². The van der Waals surface area contributed by atoms with Crippen molar-refractivity contribution in [3.05, 3.63) is 77.9 Å². The lowest BCUT2D eigenvalue weighted by molar-refractivity contribution is 0.214. The molecular weight excluding hydrogens is 330 g/mol. The van der Waals surface area contributed by atoms with Crippen molar-refractivity contribution in [3.63, 3.8) is 0 Å². The topological polar surface area (TPSA) is 12.5 Å². The van der Waals surface area contributed by atoms with Crippen molar-refractivity contribution in [2.24, 2.45) is 5.92 Å². The molecule has 0 aliphatic carbocycles. The van der Waals surface area contributed by atoms with E-state index in [1.54, 1.807) is 0 Å². The molecule has 0 radical (unpaired) electrons. The Morgan fingerprint density at radius 3 is 2.56 bits per heavy atom. The molecule has 1 fully saturated rings. The molecule has 0 N–H and O–H groups in total. The highest BCUT2D eigenvalue weighted by Gasteiger charge is 2.39. The zero-order valence-electron chi connectivity index (χ0n) is 14.1. The second kappa shape index (κ2) is 6.70. The Morgan fingerprint density at radius 2 is 1.68 bits per heavy atom. The first-order valence-electron chi connectivity index (χ1n) is 8.79. The lowest BCUT2D eigenvalue weighted by atomic mass is 9.85. The van der Waals surface area contributed by atoms with Crippen molar-refractivity contribution in [3.8, 4) is 5.75 Å². The van der Waals surface area contributed by atoms with Crippen molar-refractivity contribution in [1.82, 2.24) is 4.90 Å². The SMILES string of the molecule is Cl.c1ccc(CN2C[C@H]3COc4c(ccc5ccccc45)[C@@H]3C2)cc1. The van der Waals surface area contributed by atoms with Gasteiger partial charge in [-0.2, -0.15) is 0 Å². The lowest BCUT2D eigenvalue weighted by Gasteiger charge is -2.28. The molecule has 0 spiro atoms. The summed E-state index contributed by atoms with van der Waals surface area (Å²) in [6.45, 7) is 4.15. The van der Waals surface area contributed by atoms with Gasteiger partial charge in [0, 0.05) is 36.9 Å². The average molecular weight is 352 g/mol. The molecule has 3 aromatic carbocycles. The summed E-state index contributed by atoms with van der Waals surface area (Å²) in [6, 6.07) is 23.9. The Labute approximate surface area is 154 Å². The minimum Gasteiger partial charge on any atom is -0.492 e. The molecule has 25 heavy (non-hydrogen) atoms. The Hall–Kier alpha value is -2.03. The molecule has 3 aromatic rings. The summed E-state index contributed by atoms with van der Waals surface area (Å²) < 4.78 is 6.22. The fourth-order valence-corrected chi connectivity index (χ4v) is 4.36. The quantitative estimate of drug-likeness (QED) is 0.653. The smallest absolute Gasteiger partial charge is 0.130 e. The molecule has 2 nitrogen and oxygen atoms in total. The van der Waals surface area contributed by atoms with Crippen LogP contribution in [-0.4, -0.2) is 24.6 Å². The van der Waals surface area contributed by atoms with Gasteiger partial charge in [-0.05, 0) is 16.5 Å². The molecule has 3 heteroatoms. The third-order valence-corrected chi connectivity index (χ3v) is 5.52. The van der Waals surface area contributed by atoms with Crippen LogP contribution in [0.4, 0.5) is 0 Å². The average Bonchev–Trinajstić information content (AvgIpc) is 3.05. The number of benzene rings is 3. The van der Waals surface area contributed by atoms with E-state index in [0.717, 1.165) is 32.0 Å². The van der Waals surface area contributed by atoms with Gasteiger partial charge in [-0.3, -0.25) is 4.90 Å². The first kappa shape index (κ1) is 16.4. The lowest BCUT2D eigenvalue weighted by Crippen LogP contribution is -2.25. The number of ether oxygens (including phenoxy) is 1. The largest absolute Gasteiger partial charge is 0.492 e. The van der Waals surface area contributed by atoms with E-state index in [9.17, 15) is 0 Å². The molecule has 0 unspecified atom stereocenters. The molecule has 1 saturated heterocycles. The number of hydrogen-bond acceptors (Lipinski definition) is 2. The molecule has 2 aliphatic rings. The summed E-state index contributed by atoms with van der Waals surface area (Å²) in [6.07, 6.45) is 0. The molecule has 2 aliphatic heterocycles. The van der Waals surface area contributed by atoms with Crippen LogP contribution < -0.4 is 4.74 Å². The predicted octanol–water partition coefficient (Wildman–Crippen LogP) is 4.87. The first-order valence-corrected chi connectivity index (χ1v) is 8.79. The highest BCUT2D eigenvalue weighted by molar-refractivity contribution is 5.90. The standard InChI is InChI=1S/C22H21NO.ClH/c1-2-6-16(7-3-1)12-23-13-18-15-24-22-19-9-5-4-8-17(19)10-11-20(22)21(18)14-23;/h1-11,18,21H,12-15H2;1H/t18-,21+;/m0./s1. The molecule has 0 bridgehead atoms. The van der Waals surface area contributed by atoms with Gasteiger partial charge in [-0.1, -0.05) is 66.7 Å². The normalized spacial score (nSPS) is 21.9. The zero-order chi connectivity index (χ0) is 15.9. The first-order chi connectivity index (χ1) is 11.9. The number of hydrogen-bond donors (Lipinski definition) is 0. The molecule has 0 amide bonds. The number of halogens is 1. The maximum Gasteiger partial charge on any atom is 0.130 e. The number of likely N-dealkylation sites (tertiary alicyclic amines) is 1. The van der Waals surface area contributed by atoms with E-state index < -0.39 is 0 Å². The molecule has 2 atom stereocenters. The molecular formula is C22H22ClNO. The van der Waals surface area contributed by atoms with Crippen molar-refractivity contribution in [2.45, 2.75) is 12.5 Å². The van der Waals surface area contributed by atoms with Gasteiger partial charge in [-0.15, -0.1) is 12.4 Å². The Kier molecular flexibility index (Phi) is 4.41. The summed E-state index contributed by atoms with van der Waals surface area (Å²) in [5.41, 5.74) is 2.80. The minimum atomic E-state index is 0. The van der Waals surface area contributed by atoms with E-state index in [0.29, 0.717) is 11.8 Å². The fourth-order valence-electron chi connectivity index (χ4n) is 4.36. The van der Waals surface area contributed by atoms with Crippen LogP contribution in [0, 0.1) is 5.92 Å². The summed E-state index contributed by atoms with van der Waals surface area (Å²) in [5.74, 6) is 2.33. The third kappa shape index (κ3) is 2.90. The fraction of sp³-hybridized carbons (Fsp3) is 0.273. The minimum absolute atomic E-state index is 0. The van der Waals surface area contributed by atoms with E-state index in [1.165, 1.54) is 21.9 Å². The molecule has 0 aromatic heterocycles. The summed E-state index contributed by atoms with van der Waals surface area (Å²) in [7, 11) is 0. The second-order valence-electron chi connectivity index (χ2n) is 7.06. The monoisotopic (exact) mass is 351 g/mol. The predicted molar refractivity (Wildman–Crippen MR) is 105 cm³/mol. The zero-order valence-corrected chi connectivity index (χ0v) is 14.9. The highest BCUT2D eigenvalue weighted by Crippen LogP contribution is 2.45. The maximum atomic E-state index is 6.22. The van der Waals surface area contributed by atoms with Crippen molar-refractivity contribution in [1.29, 1.82) is 0 Å². The maximum absolute atomic E-state index is 6.22. The second-order valence-corrected chi connectivity index (χ2v) is 7.06. The van der Waals surface area contributed by atoms with E-state index in [2.05, 4.69) is 71.6 Å². The van der Waals surface area contributed by atoms with Gasteiger partial charge < -0.3 is 4.74 Å². The van der Waals surface area contributed by atoms with E-state index in [4.69, 9.17) is 4.74 Å². The van der Waals surface area contributed by atoms with Gasteiger partial charge in [0.05, 0.1) is 6.61 Å². The van der Waals surface area contributed by atoms with Crippen LogP contribution in [0.5, 0.6) is 5.75 Å². The van der Waals surface area contributed by atoms with Gasteiger partial charge in [0.25, 0.3) is 0 Å². The number of rotatable bonds is 2.